The van der Waals surface area contributed by atoms with Crippen molar-refractivity contribution >= 4 is 28.4 Å². The van der Waals surface area contributed by atoms with Crippen LogP contribution in [0.1, 0.15) is 11.3 Å². The first kappa shape index (κ1) is 13.7. The Morgan fingerprint density at radius 2 is 2.26 bits per heavy atom. The molecule has 2 N–H and O–H groups in total. The molecule has 1 amide bonds. The zero-order valence-electron chi connectivity index (χ0n) is 11.0. The fourth-order valence-electron chi connectivity index (χ4n) is 2.18. The summed E-state index contributed by atoms with van der Waals surface area (Å²) < 4.78 is 5.25. The van der Waals surface area contributed by atoms with E-state index < -0.39 is 0 Å². The molecule has 19 heavy (non-hydrogen) atoms. The predicted octanol–water partition coefficient (Wildman–Crippen LogP) is 2.38. The Morgan fingerprint density at radius 1 is 1.47 bits per heavy atom. The smallest absolute Gasteiger partial charge is 0.234 e. The van der Waals surface area contributed by atoms with Crippen LogP contribution in [0.3, 0.4) is 0 Å². The summed E-state index contributed by atoms with van der Waals surface area (Å²) in [7, 11) is 1.65. The van der Waals surface area contributed by atoms with Crippen molar-refractivity contribution in [2.45, 2.75) is 13.3 Å². The SMILES string of the molecule is COc1ccc2[nH]c(C)c(CCNC(=O)CCl)c2c1. The van der Waals surface area contributed by atoms with Crippen LogP contribution in [0.5, 0.6) is 5.75 Å². The van der Waals surface area contributed by atoms with Crippen LogP contribution < -0.4 is 10.1 Å². The number of hydrogen-bond acceptors (Lipinski definition) is 2. The van der Waals surface area contributed by atoms with E-state index in [-0.39, 0.29) is 11.8 Å². The van der Waals surface area contributed by atoms with Crippen LogP contribution in [0.25, 0.3) is 10.9 Å². The second-order valence-corrected chi connectivity index (χ2v) is 4.64. The molecule has 0 radical (unpaired) electrons. The van der Waals surface area contributed by atoms with E-state index in [1.165, 1.54) is 5.56 Å². The van der Waals surface area contributed by atoms with Gasteiger partial charge in [-0.2, -0.15) is 0 Å². The number of fused-ring (bicyclic) bond motifs is 1. The van der Waals surface area contributed by atoms with Crippen molar-refractivity contribution in [3.63, 3.8) is 0 Å². The van der Waals surface area contributed by atoms with Gasteiger partial charge in [0.2, 0.25) is 5.91 Å². The summed E-state index contributed by atoms with van der Waals surface area (Å²) in [5.74, 6) is 0.690. The number of aryl methyl sites for hydroxylation is 1. The third kappa shape index (κ3) is 3.01. The molecule has 0 spiro atoms. The van der Waals surface area contributed by atoms with Crippen molar-refractivity contribution < 1.29 is 9.53 Å². The van der Waals surface area contributed by atoms with E-state index >= 15 is 0 Å². The van der Waals surface area contributed by atoms with Gasteiger partial charge in [-0.15, -0.1) is 11.6 Å². The molecule has 0 aliphatic rings. The van der Waals surface area contributed by atoms with Crippen LogP contribution in [-0.4, -0.2) is 30.4 Å². The van der Waals surface area contributed by atoms with Crippen LogP contribution in [0.2, 0.25) is 0 Å². The van der Waals surface area contributed by atoms with Gasteiger partial charge in [-0.1, -0.05) is 0 Å². The van der Waals surface area contributed by atoms with Crippen molar-refractivity contribution in [3.8, 4) is 5.75 Å². The van der Waals surface area contributed by atoms with Crippen molar-refractivity contribution in [3.05, 3.63) is 29.5 Å². The van der Waals surface area contributed by atoms with E-state index in [2.05, 4.69) is 10.3 Å². The number of aromatic amines is 1. The number of H-pyrrole nitrogens is 1. The number of halogens is 1. The molecular weight excluding hydrogens is 264 g/mol. The maximum absolute atomic E-state index is 11.1. The van der Waals surface area contributed by atoms with Crippen molar-refractivity contribution in [2.24, 2.45) is 0 Å². The summed E-state index contributed by atoms with van der Waals surface area (Å²) in [5.41, 5.74) is 3.39. The summed E-state index contributed by atoms with van der Waals surface area (Å²) in [6.45, 7) is 2.61. The van der Waals surface area contributed by atoms with Gasteiger partial charge in [-0.3, -0.25) is 4.79 Å². The normalized spacial score (nSPS) is 10.7. The van der Waals surface area contributed by atoms with E-state index in [9.17, 15) is 4.79 Å². The van der Waals surface area contributed by atoms with Gasteiger partial charge < -0.3 is 15.0 Å². The maximum Gasteiger partial charge on any atom is 0.234 e. The molecule has 0 unspecified atom stereocenters. The summed E-state index contributed by atoms with van der Waals surface area (Å²) in [5, 5.41) is 3.91. The standard InChI is InChI=1S/C14H17ClN2O2/c1-9-11(5-6-16-14(18)8-15)12-7-10(19-2)3-4-13(12)17-9/h3-4,7,17H,5-6,8H2,1-2H3,(H,16,18). The number of ether oxygens (including phenoxy) is 1. The first-order valence-corrected chi connectivity index (χ1v) is 6.67. The molecule has 0 fully saturated rings. The van der Waals surface area contributed by atoms with Gasteiger partial charge in [-0.05, 0) is 37.1 Å². The van der Waals surface area contributed by atoms with Gasteiger partial charge >= 0.3 is 0 Å². The highest BCUT2D eigenvalue weighted by molar-refractivity contribution is 6.27. The van der Waals surface area contributed by atoms with Crippen molar-refractivity contribution in [1.82, 2.24) is 10.3 Å². The number of methoxy groups -OCH3 is 1. The van der Waals surface area contributed by atoms with Crippen LogP contribution in [0.15, 0.2) is 18.2 Å². The lowest BCUT2D eigenvalue weighted by Crippen LogP contribution is -2.26. The lowest BCUT2D eigenvalue weighted by molar-refractivity contribution is -0.118. The zero-order valence-corrected chi connectivity index (χ0v) is 11.8. The van der Waals surface area contributed by atoms with Gasteiger partial charge in [-0.25, -0.2) is 0 Å². The summed E-state index contributed by atoms with van der Waals surface area (Å²) in [6.07, 6.45) is 0.766. The molecule has 0 aliphatic carbocycles. The summed E-state index contributed by atoms with van der Waals surface area (Å²) in [6, 6.07) is 5.94. The van der Waals surface area contributed by atoms with E-state index in [4.69, 9.17) is 16.3 Å². The molecule has 4 nitrogen and oxygen atoms in total. The highest BCUT2D eigenvalue weighted by Crippen LogP contribution is 2.26. The van der Waals surface area contributed by atoms with Gasteiger partial charge in [0.05, 0.1) is 7.11 Å². The molecule has 0 atom stereocenters. The molecule has 0 aliphatic heterocycles. The fraction of sp³-hybridized carbons (Fsp3) is 0.357. The second kappa shape index (κ2) is 5.97. The molecule has 2 rings (SSSR count). The van der Waals surface area contributed by atoms with Crippen molar-refractivity contribution in [1.29, 1.82) is 0 Å². The topological polar surface area (TPSA) is 54.1 Å². The lowest BCUT2D eigenvalue weighted by atomic mass is 10.1. The monoisotopic (exact) mass is 280 g/mol. The molecule has 2 aromatic rings. The Kier molecular flexibility index (Phi) is 4.32. The number of amides is 1. The number of rotatable bonds is 5. The Labute approximate surface area is 117 Å². The Hall–Kier alpha value is -1.68. The average Bonchev–Trinajstić information content (AvgIpc) is 2.74. The third-order valence-electron chi connectivity index (χ3n) is 3.15. The minimum absolute atomic E-state index is 0.000684. The number of hydrogen-bond donors (Lipinski definition) is 2. The Bertz CT molecular complexity index is 592. The predicted molar refractivity (Wildman–Crippen MR) is 77.0 cm³/mol. The minimum Gasteiger partial charge on any atom is -0.497 e. The molecular formula is C14H17ClN2O2. The number of carbonyl (C=O) groups is 1. The lowest BCUT2D eigenvalue weighted by Gasteiger charge is -2.04. The quantitative estimate of drug-likeness (QED) is 0.826. The van der Waals surface area contributed by atoms with E-state index in [1.807, 2.05) is 25.1 Å². The van der Waals surface area contributed by atoms with E-state index in [0.29, 0.717) is 6.54 Å². The molecule has 5 heteroatoms. The fourth-order valence-corrected chi connectivity index (χ4v) is 2.28. The van der Waals surface area contributed by atoms with Gasteiger partial charge in [0.1, 0.15) is 11.6 Å². The van der Waals surface area contributed by atoms with E-state index in [0.717, 1.165) is 28.8 Å². The maximum atomic E-state index is 11.1. The van der Waals surface area contributed by atoms with Crippen molar-refractivity contribution in [2.75, 3.05) is 19.5 Å². The van der Waals surface area contributed by atoms with Gasteiger partial charge in [0.25, 0.3) is 0 Å². The molecule has 0 saturated heterocycles. The highest BCUT2D eigenvalue weighted by atomic mass is 35.5. The molecule has 1 heterocycles. The molecule has 1 aromatic carbocycles. The molecule has 102 valence electrons. The highest BCUT2D eigenvalue weighted by Gasteiger charge is 2.09. The van der Waals surface area contributed by atoms with Gasteiger partial charge in [0, 0.05) is 23.1 Å². The largest absolute Gasteiger partial charge is 0.497 e. The van der Waals surface area contributed by atoms with E-state index in [1.54, 1.807) is 7.11 Å². The third-order valence-corrected chi connectivity index (χ3v) is 3.39. The first-order chi connectivity index (χ1) is 9.15. The summed E-state index contributed by atoms with van der Waals surface area (Å²) >= 11 is 5.44. The first-order valence-electron chi connectivity index (χ1n) is 6.13. The number of benzene rings is 1. The number of carbonyl (C=O) groups excluding carboxylic acids is 1. The van der Waals surface area contributed by atoms with Crippen LogP contribution >= 0.6 is 11.6 Å². The minimum atomic E-state index is -0.142. The molecule has 0 bridgehead atoms. The average molecular weight is 281 g/mol. The van der Waals surface area contributed by atoms with Crippen LogP contribution in [-0.2, 0) is 11.2 Å². The number of alkyl halides is 1. The Morgan fingerprint density at radius 3 is 2.95 bits per heavy atom. The Balaban J connectivity index is 2.21. The van der Waals surface area contributed by atoms with Gasteiger partial charge in [0.15, 0.2) is 0 Å². The second-order valence-electron chi connectivity index (χ2n) is 4.37. The summed E-state index contributed by atoms with van der Waals surface area (Å²) in [4.78, 5) is 14.5. The molecule has 0 saturated carbocycles. The van der Waals surface area contributed by atoms with Crippen LogP contribution in [0, 0.1) is 6.92 Å². The number of nitrogens with one attached hydrogen (secondary N) is 2. The number of aromatic nitrogens is 1. The zero-order chi connectivity index (χ0) is 13.8. The molecule has 1 aromatic heterocycles. The van der Waals surface area contributed by atoms with Crippen LogP contribution in [0.4, 0.5) is 0 Å².